The topological polar surface area (TPSA) is 0 Å². The molecule has 0 saturated heterocycles. The molecule has 0 amide bonds. The molecule has 3 aromatic rings. The number of halogens is 5. The first-order valence-corrected chi connectivity index (χ1v) is 6.94. The van der Waals surface area contributed by atoms with Crippen LogP contribution in [0.2, 0.25) is 10.0 Å². The predicted octanol–water partition coefficient (Wildman–Crippen LogP) is 6.63. The van der Waals surface area contributed by atoms with Crippen LogP contribution >= 0.6 is 23.2 Å². The molecule has 0 aliphatic heterocycles. The number of rotatable bonds is 0. The van der Waals surface area contributed by atoms with Gasteiger partial charge in [0.15, 0.2) is 0 Å². The van der Waals surface area contributed by atoms with E-state index in [4.69, 9.17) is 23.2 Å². The molecule has 0 aliphatic rings. The molecule has 0 N–H and O–H groups in total. The lowest BCUT2D eigenvalue weighted by atomic mass is 9.95. The average Bonchev–Trinajstić information content (AvgIpc) is 2.42. The Morgan fingerprint density at radius 3 is 2.19 bits per heavy atom. The van der Waals surface area contributed by atoms with Gasteiger partial charge in [0.2, 0.25) is 0 Å². The average molecular weight is 329 g/mol. The molecule has 3 rings (SSSR count). The molecule has 0 spiro atoms. The molecule has 5 heteroatoms. The second-order valence-electron chi connectivity index (χ2n) is 4.83. The number of fused-ring (bicyclic) bond motifs is 3. The van der Waals surface area contributed by atoms with E-state index < -0.39 is 16.8 Å². The summed E-state index contributed by atoms with van der Waals surface area (Å²) in [7, 11) is 0. The maximum absolute atomic E-state index is 13.2. The monoisotopic (exact) mass is 328 g/mol. The molecule has 3 aromatic carbocycles. The third-order valence-corrected chi connectivity index (χ3v) is 4.48. The second kappa shape index (κ2) is 4.79. The highest BCUT2D eigenvalue weighted by atomic mass is 35.5. The van der Waals surface area contributed by atoms with Crippen LogP contribution < -0.4 is 0 Å². The van der Waals surface area contributed by atoms with E-state index in [1.165, 1.54) is 6.92 Å². The zero-order valence-corrected chi connectivity index (χ0v) is 12.4. The minimum atomic E-state index is -4.54. The maximum atomic E-state index is 13.2. The summed E-state index contributed by atoms with van der Waals surface area (Å²) in [6.07, 6.45) is -4.54. The molecule has 0 heterocycles. The molecule has 21 heavy (non-hydrogen) atoms. The van der Waals surface area contributed by atoms with E-state index in [1.54, 1.807) is 12.1 Å². The summed E-state index contributed by atoms with van der Waals surface area (Å²) in [5.74, 6) is 0. The lowest BCUT2D eigenvalue weighted by Crippen LogP contribution is -2.09. The van der Waals surface area contributed by atoms with Crippen LogP contribution in [0, 0.1) is 6.92 Å². The summed E-state index contributed by atoms with van der Waals surface area (Å²) in [5, 5.41) is 2.23. The van der Waals surface area contributed by atoms with Crippen LogP contribution in [0.4, 0.5) is 13.2 Å². The normalized spacial score (nSPS) is 12.3. The van der Waals surface area contributed by atoms with Crippen LogP contribution in [0.3, 0.4) is 0 Å². The molecule has 0 aliphatic carbocycles. The number of aryl methyl sites for hydroxylation is 1. The van der Waals surface area contributed by atoms with Crippen molar-refractivity contribution in [3.63, 3.8) is 0 Å². The summed E-state index contributed by atoms with van der Waals surface area (Å²) < 4.78 is 39.6. The number of alkyl halides is 3. The van der Waals surface area contributed by atoms with Gasteiger partial charge in [-0.1, -0.05) is 59.6 Å². The summed E-state index contributed by atoms with van der Waals surface area (Å²) in [6, 6.07) is 10.8. The molecule has 0 atom stereocenters. The Hall–Kier alpha value is -1.45. The number of hydrogen-bond acceptors (Lipinski definition) is 0. The van der Waals surface area contributed by atoms with Crippen molar-refractivity contribution in [3.05, 3.63) is 57.6 Å². The van der Waals surface area contributed by atoms with Gasteiger partial charge in [-0.05, 0) is 28.6 Å². The quantitative estimate of drug-likeness (QED) is 0.406. The Kier molecular flexibility index (Phi) is 3.30. The van der Waals surface area contributed by atoms with Crippen molar-refractivity contribution in [1.82, 2.24) is 0 Å². The fourth-order valence-electron chi connectivity index (χ4n) is 2.68. The Balaban J connectivity index is 2.58. The smallest absolute Gasteiger partial charge is 0.166 e. The third-order valence-electron chi connectivity index (χ3n) is 3.62. The lowest BCUT2D eigenvalue weighted by Gasteiger charge is -2.17. The van der Waals surface area contributed by atoms with Crippen LogP contribution in [-0.2, 0) is 6.18 Å². The van der Waals surface area contributed by atoms with Crippen molar-refractivity contribution in [2.45, 2.75) is 13.1 Å². The molecule has 0 aromatic heterocycles. The van der Waals surface area contributed by atoms with E-state index in [0.29, 0.717) is 10.8 Å². The molecule has 0 unspecified atom stereocenters. The molecule has 0 fully saturated rings. The maximum Gasteiger partial charge on any atom is 0.418 e. The number of benzene rings is 3. The first-order valence-electron chi connectivity index (χ1n) is 6.18. The Bertz CT molecular complexity index is 867. The summed E-state index contributed by atoms with van der Waals surface area (Å²) in [5.41, 5.74) is -0.769. The van der Waals surface area contributed by atoms with E-state index in [9.17, 15) is 13.2 Å². The van der Waals surface area contributed by atoms with Crippen molar-refractivity contribution in [3.8, 4) is 0 Å². The van der Waals surface area contributed by atoms with Crippen LogP contribution in [-0.4, -0.2) is 0 Å². The van der Waals surface area contributed by atoms with E-state index in [0.717, 1.165) is 10.8 Å². The molecule has 0 bridgehead atoms. The Morgan fingerprint density at radius 1 is 0.857 bits per heavy atom. The summed E-state index contributed by atoms with van der Waals surface area (Å²) >= 11 is 12.1. The number of hydrogen-bond donors (Lipinski definition) is 0. The van der Waals surface area contributed by atoms with Gasteiger partial charge >= 0.3 is 6.18 Å². The second-order valence-corrected chi connectivity index (χ2v) is 5.59. The zero-order chi connectivity index (χ0) is 15.4. The van der Waals surface area contributed by atoms with Gasteiger partial charge in [0.25, 0.3) is 0 Å². The molecule has 108 valence electrons. The van der Waals surface area contributed by atoms with Crippen molar-refractivity contribution in [2.75, 3.05) is 0 Å². The first kappa shape index (κ1) is 14.5. The minimum Gasteiger partial charge on any atom is -0.166 e. The van der Waals surface area contributed by atoms with Crippen LogP contribution in [0.5, 0.6) is 0 Å². The van der Waals surface area contributed by atoms with Crippen LogP contribution in [0.1, 0.15) is 11.1 Å². The van der Waals surface area contributed by atoms with Crippen molar-refractivity contribution >= 4 is 44.7 Å². The van der Waals surface area contributed by atoms with E-state index in [-0.39, 0.29) is 10.6 Å². The van der Waals surface area contributed by atoms with E-state index in [1.807, 2.05) is 24.3 Å². The van der Waals surface area contributed by atoms with Gasteiger partial charge in [0, 0.05) is 5.39 Å². The van der Waals surface area contributed by atoms with Crippen LogP contribution in [0.25, 0.3) is 21.5 Å². The predicted molar refractivity (Wildman–Crippen MR) is 81.2 cm³/mol. The van der Waals surface area contributed by atoms with Crippen molar-refractivity contribution in [1.29, 1.82) is 0 Å². The van der Waals surface area contributed by atoms with Gasteiger partial charge in [0.1, 0.15) is 0 Å². The lowest BCUT2D eigenvalue weighted by molar-refractivity contribution is -0.137. The minimum absolute atomic E-state index is 0.0543. The van der Waals surface area contributed by atoms with Crippen molar-refractivity contribution < 1.29 is 13.2 Å². The summed E-state index contributed by atoms with van der Waals surface area (Å²) in [4.78, 5) is 0. The SMILES string of the molecule is Cc1c(C(F)(F)F)c(Cl)c(Cl)c2c1ccc1ccccc12. The Morgan fingerprint density at radius 2 is 1.52 bits per heavy atom. The highest BCUT2D eigenvalue weighted by molar-refractivity contribution is 6.47. The van der Waals surface area contributed by atoms with Gasteiger partial charge in [-0.2, -0.15) is 13.2 Å². The fourth-order valence-corrected chi connectivity index (χ4v) is 3.32. The first-order chi connectivity index (χ1) is 9.82. The highest BCUT2D eigenvalue weighted by Gasteiger charge is 2.37. The highest BCUT2D eigenvalue weighted by Crippen LogP contribution is 2.46. The zero-order valence-electron chi connectivity index (χ0n) is 10.9. The van der Waals surface area contributed by atoms with Crippen molar-refractivity contribution in [2.24, 2.45) is 0 Å². The molecule has 0 nitrogen and oxygen atoms in total. The molecular formula is C16H9Cl2F3. The van der Waals surface area contributed by atoms with Gasteiger partial charge < -0.3 is 0 Å². The van der Waals surface area contributed by atoms with Gasteiger partial charge in [-0.25, -0.2) is 0 Å². The fraction of sp³-hybridized carbons (Fsp3) is 0.125. The molecule has 0 radical (unpaired) electrons. The Labute approximate surface area is 129 Å². The standard InChI is InChI=1S/C16H9Cl2F3/c1-8-10-7-6-9-4-2-3-5-11(9)12(10)14(17)15(18)13(8)16(19,20)21/h2-7H,1H3. The molecular weight excluding hydrogens is 320 g/mol. The van der Waals surface area contributed by atoms with Crippen LogP contribution in [0.15, 0.2) is 36.4 Å². The van der Waals surface area contributed by atoms with Gasteiger partial charge in [-0.3, -0.25) is 0 Å². The van der Waals surface area contributed by atoms with E-state index in [2.05, 4.69) is 0 Å². The third kappa shape index (κ3) is 2.16. The van der Waals surface area contributed by atoms with Gasteiger partial charge in [-0.15, -0.1) is 0 Å². The van der Waals surface area contributed by atoms with Gasteiger partial charge in [0.05, 0.1) is 15.6 Å². The largest absolute Gasteiger partial charge is 0.418 e. The molecule has 0 saturated carbocycles. The van der Waals surface area contributed by atoms with E-state index >= 15 is 0 Å². The summed E-state index contributed by atoms with van der Waals surface area (Å²) in [6.45, 7) is 1.42.